The summed E-state index contributed by atoms with van der Waals surface area (Å²) < 4.78 is 25.5. The first-order chi connectivity index (χ1) is 16.5. The van der Waals surface area contributed by atoms with Gasteiger partial charge >= 0.3 is 0 Å². The molecule has 34 heavy (non-hydrogen) atoms. The summed E-state index contributed by atoms with van der Waals surface area (Å²) in [6.07, 6.45) is 1.88. The summed E-state index contributed by atoms with van der Waals surface area (Å²) >= 11 is 0. The van der Waals surface area contributed by atoms with E-state index in [0.717, 1.165) is 35.1 Å². The van der Waals surface area contributed by atoms with Gasteiger partial charge in [-0.25, -0.2) is 4.39 Å². The molecule has 0 bridgehead atoms. The average molecular weight is 458 g/mol. The minimum Gasteiger partial charge on any atom is -0.380 e. The molecule has 0 aliphatic heterocycles. The van der Waals surface area contributed by atoms with Crippen LogP contribution < -0.4 is 5.32 Å². The number of nitrogens with one attached hydrogen (secondary N) is 1. The molecule has 172 valence electrons. The van der Waals surface area contributed by atoms with Crippen molar-refractivity contribution in [1.82, 2.24) is 15.5 Å². The highest BCUT2D eigenvalue weighted by molar-refractivity contribution is 5.95. The van der Waals surface area contributed by atoms with Crippen LogP contribution in [0.2, 0.25) is 0 Å². The number of carbonyl (C=O) groups is 1. The second-order valence-electron chi connectivity index (χ2n) is 8.49. The standard InChI is InChI=1S/C27H24FN3O3/c1-16-5-3-4-6-21(16)22-11-8-18(13-19(22)15-33-2)27-30-25(31-34-27)17-7-12-23(24(28)14-17)26(32)29-20-9-10-20/h3-8,11-14,20H,9-10,15H2,1-2H3,(H,29,32). The fourth-order valence-electron chi connectivity index (χ4n) is 3.93. The van der Waals surface area contributed by atoms with Crippen LogP contribution in [-0.2, 0) is 11.3 Å². The predicted molar refractivity (Wildman–Crippen MR) is 127 cm³/mol. The smallest absolute Gasteiger partial charge is 0.258 e. The number of hydrogen-bond acceptors (Lipinski definition) is 5. The minimum atomic E-state index is -0.619. The molecule has 7 heteroatoms. The molecule has 0 spiro atoms. The predicted octanol–water partition coefficient (Wildman–Crippen LogP) is 5.56. The van der Waals surface area contributed by atoms with E-state index in [1.165, 1.54) is 17.7 Å². The van der Waals surface area contributed by atoms with Crippen LogP contribution in [0.4, 0.5) is 4.39 Å². The maximum absolute atomic E-state index is 14.6. The van der Waals surface area contributed by atoms with E-state index in [2.05, 4.69) is 34.5 Å². The molecule has 1 heterocycles. The Morgan fingerprint density at radius 2 is 1.88 bits per heavy atom. The van der Waals surface area contributed by atoms with Crippen LogP contribution in [0.1, 0.15) is 34.3 Å². The molecule has 3 aromatic carbocycles. The van der Waals surface area contributed by atoms with Crippen LogP contribution in [0, 0.1) is 12.7 Å². The molecule has 5 rings (SSSR count). The van der Waals surface area contributed by atoms with Crippen molar-refractivity contribution in [1.29, 1.82) is 0 Å². The highest BCUT2D eigenvalue weighted by Gasteiger charge is 2.25. The molecule has 1 aliphatic carbocycles. The van der Waals surface area contributed by atoms with E-state index in [0.29, 0.717) is 18.1 Å². The largest absolute Gasteiger partial charge is 0.380 e. The zero-order chi connectivity index (χ0) is 23.7. The van der Waals surface area contributed by atoms with Crippen LogP contribution in [0.25, 0.3) is 34.0 Å². The molecule has 1 amide bonds. The van der Waals surface area contributed by atoms with Crippen molar-refractivity contribution in [3.05, 3.63) is 83.2 Å². The minimum absolute atomic E-state index is 0.00960. The summed E-state index contributed by atoms with van der Waals surface area (Å²) in [5.41, 5.74) is 5.55. The summed E-state index contributed by atoms with van der Waals surface area (Å²) in [5, 5.41) is 6.81. The number of aromatic nitrogens is 2. The number of carbonyl (C=O) groups excluding carboxylic acids is 1. The fraction of sp³-hybridized carbons (Fsp3) is 0.222. The molecule has 0 radical (unpaired) electrons. The third kappa shape index (κ3) is 4.47. The van der Waals surface area contributed by atoms with Crippen LogP contribution in [0.5, 0.6) is 0 Å². The Bertz CT molecular complexity index is 1360. The van der Waals surface area contributed by atoms with Crippen molar-refractivity contribution >= 4 is 5.91 Å². The lowest BCUT2D eigenvalue weighted by Crippen LogP contribution is -2.26. The molecule has 6 nitrogen and oxygen atoms in total. The third-order valence-electron chi connectivity index (χ3n) is 5.90. The molecule has 1 N–H and O–H groups in total. The van der Waals surface area contributed by atoms with Crippen molar-refractivity contribution < 1.29 is 18.4 Å². The van der Waals surface area contributed by atoms with Gasteiger partial charge in [-0.05, 0) is 66.3 Å². The van der Waals surface area contributed by atoms with Crippen LogP contribution in [0.15, 0.2) is 65.2 Å². The number of rotatable bonds is 7. The maximum atomic E-state index is 14.6. The molecular weight excluding hydrogens is 433 g/mol. The number of amides is 1. The van der Waals surface area contributed by atoms with Gasteiger partial charge in [-0.2, -0.15) is 4.98 Å². The Kier molecular flexibility index (Phi) is 5.94. The van der Waals surface area contributed by atoms with Crippen molar-refractivity contribution in [3.63, 3.8) is 0 Å². The Morgan fingerprint density at radius 1 is 1.09 bits per heavy atom. The van der Waals surface area contributed by atoms with Crippen molar-refractivity contribution in [3.8, 4) is 34.0 Å². The van der Waals surface area contributed by atoms with E-state index in [4.69, 9.17) is 9.26 Å². The SMILES string of the molecule is COCc1cc(-c2nc(-c3ccc(C(=O)NC4CC4)c(F)c3)no2)ccc1-c1ccccc1C. The van der Waals surface area contributed by atoms with Crippen LogP contribution in [0.3, 0.4) is 0 Å². The summed E-state index contributed by atoms with van der Waals surface area (Å²) in [5.74, 6) is -0.453. The molecule has 0 atom stereocenters. The van der Waals surface area contributed by atoms with E-state index in [1.54, 1.807) is 13.2 Å². The average Bonchev–Trinajstić information content (AvgIpc) is 3.51. The summed E-state index contributed by atoms with van der Waals surface area (Å²) in [4.78, 5) is 16.6. The number of ether oxygens (including phenoxy) is 1. The van der Waals surface area contributed by atoms with Gasteiger partial charge in [-0.15, -0.1) is 0 Å². The fourth-order valence-corrected chi connectivity index (χ4v) is 3.93. The lowest BCUT2D eigenvalue weighted by Gasteiger charge is -2.12. The van der Waals surface area contributed by atoms with E-state index < -0.39 is 11.7 Å². The molecule has 0 unspecified atom stereocenters. The second-order valence-corrected chi connectivity index (χ2v) is 8.49. The first kappa shape index (κ1) is 22.0. The van der Waals surface area contributed by atoms with Crippen LogP contribution >= 0.6 is 0 Å². The summed E-state index contributed by atoms with van der Waals surface area (Å²) in [7, 11) is 1.65. The Labute approximate surface area is 196 Å². The van der Waals surface area contributed by atoms with E-state index in [9.17, 15) is 9.18 Å². The Balaban J connectivity index is 1.43. The van der Waals surface area contributed by atoms with E-state index in [-0.39, 0.29) is 17.4 Å². The molecule has 1 fully saturated rings. The zero-order valence-electron chi connectivity index (χ0n) is 19.0. The van der Waals surface area contributed by atoms with Gasteiger partial charge in [0.15, 0.2) is 0 Å². The van der Waals surface area contributed by atoms with E-state index >= 15 is 0 Å². The van der Waals surface area contributed by atoms with Crippen molar-refractivity contribution in [2.75, 3.05) is 7.11 Å². The van der Waals surface area contributed by atoms with Gasteiger partial charge in [0.2, 0.25) is 5.82 Å². The van der Waals surface area contributed by atoms with Crippen molar-refractivity contribution in [2.45, 2.75) is 32.4 Å². The van der Waals surface area contributed by atoms with Gasteiger partial charge in [0.25, 0.3) is 11.8 Å². The zero-order valence-corrected chi connectivity index (χ0v) is 19.0. The monoisotopic (exact) mass is 457 g/mol. The lowest BCUT2D eigenvalue weighted by atomic mass is 9.94. The Hall–Kier alpha value is -3.84. The summed E-state index contributed by atoms with van der Waals surface area (Å²) in [6, 6.07) is 18.6. The number of hydrogen-bond donors (Lipinski definition) is 1. The Morgan fingerprint density at radius 3 is 2.62 bits per heavy atom. The number of nitrogens with zero attached hydrogens (tertiary/aromatic N) is 2. The van der Waals surface area contributed by atoms with Crippen LogP contribution in [-0.4, -0.2) is 29.2 Å². The quantitative estimate of drug-likeness (QED) is 0.393. The molecule has 1 aliphatic rings. The highest BCUT2D eigenvalue weighted by atomic mass is 19.1. The number of benzene rings is 3. The normalized spacial score (nSPS) is 13.1. The number of methoxy groups -OCH3 is 1. The highest BCUT2D eigenvalue weighted by Crippen LogP contribution is 2.32. The van der Waals surface area contributed by atoms with Gasteiger partial charge < -0.3 is 14.6 Å². The van der Waals surface area contributed by atoms with Gasteiger partial charge in [0.1, 0.15) is 5.82 Å². The number of halogens is 1. The van der Waals surface area contributed by atoms with Gasteiger partial charge in [0.05, 0.1) is 12.2 Å². The molecule has 4 aromatic rings. The lowest BCUT2D eigenvalue weighted by molar-refractivity contribution is 0.0947. The second kappa shape index (κ2) is 9.19. The molecular formula is C27H24FN3O3. The van der Waals surface area contributed by atoms with Gasteiger partial charge in [-0.1, -0.05) is 41.6 Å². The van der Waals surface area contributed by atoms with E-state index in [1.807, 2.05) is 30.3 Å². The molecule has 1 saturated carbocycles. The first-order valence-electron chi connectivity index (χ1n) is 11.2. The van der Waals surface area contributed by atoms with Crippen molar-refractivity contribution in [2.24, 2.45) is 0 Å². The maximum Gasteiger partial charge on any atom is 0.258 e. The topological polar surface area (TPSA) is 77.2 Å². The first-order valence-corrected chi connectivity index (χ1v) is 11.2. The summed E-state index contributed by atoms with van der Waals surface area (Å²) in [6.45, 7) is 2.50. The number of aryl methyl sites for hydroxylation is 1. The van der Waals surface area contributed by atoms with Gasteiger partial charge in [0, 0.05) is 24.3 Å². The van der Waals surface area contributed by atoms with Gasteiger partial charge in [-0.3, -0.25) is 4.79 Å². The third-order valence-corrected chi connectivity index (χ3v) is 5.90. The molecule has 0 saturated heterocycles. The molecule has 1 aromatic heterocycles.